The van der Waals surface area contributed by atoms with Gasteiger partial charge < -0.3 is 21.3 Å². The van der Waals surface area contributed by atoms with Crippen LogP contribution in [0, 0.1) is 0 Å². The van der Waals surface area contributed by atoms with Crippen molar-refractivity contribution in [1.82, 2.24) is 14.9 Å². The van der Waals surface area contributed by atoms with Gasteiger partial charge in [-0.05, 0) is 19.5 Å². The number of anilines is 2. The topological polar surface area (TPSA) is 111 Å². The van der Waals surface area contributed by atoms with Crippen LogP contribution in [0.1, 0.15) is 25.0 Å². The highest BCUT2D eigenvalue weighted by Crippen LogP contribution is 2.37. The summed E-state index contributed by atoms with van der Waals surface area (Å²) in [5, 5.41) is 9.98. The van der Waals surface area contributed by atoms with Crippen LogP contribution in [0.15, 0.2) is 24.3 Å². The molecule has 0 fully saturated rings. The summed E-state index contributed by atoms with van der Waals surface area (Å²) in [7, 11) is 0. The molecular weight excluding hydrogens is 306 g/mol. The highest BCUT2D eigenvalue weighted by molar-refractivity contribution is 5.52. The molecule has 0 radical (unpaired) electrons. The molecule has 7 heteroatoms. The number of aromatic nitrogens is 2. The van der Waals surface area contributed by atoms with Crippen molar-refractivity contribution < 1.29 is 9.84 Å². The second-order valence-electron chi connectivity index (χ2n) is 6.41. The van der Waals surface area contributed by atoms with Crippen molar-refractivity contribution in [2.45, 2.75) is 32.4 Å². The Labute approximate surface area is 141 Å². The zero-order chi connectivity index (χ0) is 17.3. The predicted octanol–water partition coefficient (Wildman–Crippen LogP) is 1.56. The summed E-state index contributed by atoms with van der Waals surface area (Å²) >= 11 is 0. The van der Waals surface area contributed by atoms with Crippen LogP contribution in [0.3, 0.4) is 0 Å². The first kappa shape index (κ1) is 16.3. The number of nitrogens with two attached hydrogens (primary N) is 2. The normalized spacial score (nSPS) is 19.3. The van der Waals surface area contributed by atoms with Crippen LogP contribution in [0.2, 0.25) is 0 Å². The number of benzene rings is 1. The maximum atomic E-state index is 9.98. The van der Waals surface area contributed by atoms with Crippen molar-refractivity contribution in [1.29, 1.82) is 0 Å². The van der Waals surface area contributed by atoms with E-state index in [1.165, 1.54) is 0 Å². The van der Waals surface area contributed by atoms with E-state index in [0.717, 1.165) is 17.7 Å². The molecule has 1 aromatic carbocycles. The van der Waals surface area contributed by atoms with Gasteiger partial charge in [-0.25, -0.2) is 0 Å². The Morgan fingerprint density at radius 3 is 2.75 bits per heavy atom. The summed E-state index contributed by atoms with van der Waals surface area (Å²) in [6, 6.07) is 7.37. The number of hydrogen-bond donors (Lipinski definition) is 3. The van der Waals surface area contributed by atoms with Crippen molar-refractivity contribution in [3.05, 3.63) is 35.4 Å². The van der Waals surface area contributed by atoms with Crippen LogP contribution >= 0.6 is 0 Å². The smallest absolute Gasteiger partial charge is 0.225 e. The highest BCUT2D eigenvalue weighted by atomic mass is 16.5. The Kier molecular flexibility index (Phi) is 4.19. The third-order valence-corrected chi connectivity index (χ3v) is 4.30. The van der Waals surface area contributed by atoms with Crippen LogP contribution in [0.4, 0.5) is 11.8 Å². The Hall–Kier alpha value is -2.54. The van der Waals surface area contributed by atoms with Crippen molar-refractivity contribution in [3.63, 3.8) is 0 Å². The van der Waals surface area contributed by atoms with E-state index in [9.17, 15) is 5.11 Å². The predicted molar refractivity (Wildman–Crippen MR) is 92.7 cm³/mol. The molecule has 128 valence electrons. The van der Waals surface area contributed by atoms with Crippen LogP contribution in [0.5, 0.6) is 11.6 Å². The Morgan fingerprint density at radius 2 is 2.04 bits per heavy atom. The largest absolute Gasteiger partial charge is 0.508 e. The van der Waals surface area contributed by atoms with Crippen LogP contribution in [-0.2, 0) is 13.0 Å². The van der Waals surface area contributed by atoms with E-state index in [0.29, 0.717) is 37.0 Å². The third-order valence-electron chi connectivity index (χ3n) is 4.30. The molecule has 0 spiro atoms. The number of likely N-dealkylation sites (N-methyl/N-ethyl adjacent to an activating group) is 1. The number of phenolic OH excluding ortho intramolecular Hbond substituents is 1. The van der Waals surface area contributed by atoms with Gasteiger partial charge in [0.25, 0.3) is 0 Å². The van der Waals surface area contributed by atoms with Gasteiger partial charge in [0.2, 0.25) is 11.8 Å². The number of nitrogens with zero attached hydrogens (tertiary/aromatic N) is 3. The average molecular weight is 329 g/mol. The highest BCUT2D eigenvalue weighted by Gasteiger charge is 2.39. The Morgan fingerprint density at radius 1 is 1.29 bits per heavy atom. The molecule has 2 aromatic rings. The number of phenols is 1. The van der Waals surface area contributed by atoms with Crippen LogP contribution in [0.25, 0.3) is 0 Å². The van der Waals surface area contributed by atoms with Gasteiger partial charge in [0.1, 0.15) is 17.2 Å². The van der Waals surface area contributed by atoms with Gasteiger partial charge in [0.15, 0.2) is 0 Å². The lowest BCUT2D eigenvalue weighted by molar-refractivity contribution is 0.0588. The second-order valence-corrected chi connectivity index (χ2v) is 6.41. The number of hydrogen-bond acceptors (Lipinski definition) is 7. The number of nitrogen functional groups attached to an aromatic ring is 2. The van der Waals surface area contributed by atoms with Crippen molar-refractivity contribution >= 4 is 11.8 Å². The molecule has 0 saturated heterocycles. The van der Waals surface area contributed by atoms with E-state index in [1.54, 1.807) is 6.07 Å². The van der Waals surface area contributed by atoms with Crippen molar-refractivity contribution in [2.75, 3.05) is 24.6 Å². The SMILES string of the molecule is CCN(Cc1ccccc1O)C[C@@]1(C)Cc2c(N)nc(N)nc2O1. The molecule has 7 nitrogen and oxygen atoms in total. The molecule has 24 heavy (non-hydrogen) atoms. The van der Waals surface area contributed by atoms with E-state index < -0.39 is 5.60 Å². The fraction of sp³-hybridized carbons (Fsp3) is 0.412. The number of rotatable bonds is 5. The summed E-state index contributed by atoms with van der Waals surface area (Å²) in [6.45, 7) is 6.25. The lowest BCUT2D eigenvalue weighted by Gasteiger charge is -2.31. The first-order chi connectivity index (χ1) is 11.4. The van der Waals surface area contributed by atoms with Gasteiger partial charge in [-0.2, -0.15) is 9.97 Å². The fourth-order valence-electron chi connectivity index (χ4n) is 3.12. The Bertz CT molecular complexity index is 752. The van der Waals surface area contributed by atoms with Crippen LogP contribution < -0.4 is 16.2 Å². The number of aromatic hydroxyl groups is 1. The monoisotopic (exact) mass is 329 g/mol. The minimum atomic E-state index is -0.459. The Balaban J connectivity index is 1.75. The molecular formula is C17H23N5O2. The van der Waals surface area contributed by atoms with E-state index in [2.05, 4.69) is 21.8 Å². The fourth-order valence-corrected chi connectivity index (χ4v) is 3.12. The third kappa shape index (κ3) is 3.21. The molecule has 5 N–H and O–H groups in total. The molecule has 1 aliphatic rings. The lowest BCUT2D eigenvalue weighted by Crippen LogP contribution is -2.44. The molecule has 1 aliphatic heterocycles. The number of para-hydroxylation sites is 1. The van der Waals surface area contributed by atoms with Gasteiger partial charge in [0, 0.05) is 25.1 Å². The molecule has 2 heterocycles. The lowest BCUT2D eigenvalue weighted by atomic mass is 9.99. The van der Waals surface area contributed by atoms with Gasteiger partial charge >= 0.3 is 0 Å². The molecule has 0 saturated carbocycles. The molecule has 0 amide bonds. The number of ether oxygens (including phenoxy) is 1. The molecule has 0 unspecified atom stereocenters. The average Bonchev–Trinajstić information content (AvgIpc) is 2.85. The van der Waals surface area contributed by atoms with Gasteiger partial charge in [0.05, 0.1) is 5.56 Å². The number of fused-ring (bicyclic) bond motifs is 1. The summed E-state index contributed by atoms with van der Waals surface area (Å²) in [5.74, 6) is 1.28. The minimum absolute atomic E-state index is 0.122. The van der Waals surface area contributed by atoms with E-state index in [-0.39, 0.29) is 5.95 Å². The van der Waals surface area contributed by atoms with E-state index in [4.69, 9.17) is 16.2 Å². The maximum Gasteiger partial charge on any atom is 0.225 e. The van der Waals surface area contributed by atoms with E-state index >= 15 is 0 Å². The second kappa shape index (κ2) is 6.16. The minimum Gasteiger partial charge on any atom is -0.508 e. The van der Waals surface area contributed by atoms with E-state index in [1.807, 2.05) is 25.1 Å². The summed E-state index contributed by atoms with van der Waals surface area (Å²) in [5.41, 5.74) is 12.8. The quantitative estimate of drug-likeness (QED) is 0.763. The summed E-state index contributed by atoms with van der Waals surface area (Å²) in [4.78, 5) is 10.4. The molecule has 0 aliphatic carbocycles. The van der Waals surface area contributed by atoms with Gasteiger partial charge in [-0.1, -0.05) is 25.1 Å². The first-order valence-corrected chi connectivity index (χ1v) is 8.00. The summed E-state index contributed by atoms with van der Waals surface area (Å²) < 4.78 is 6.04. The summed E-state index contributed by atoms with van der Waals surface area (Å²) in [6.07, 6.45) is 0.631. The zero-order valence-corrected chi connectivity index (χ0v) is 14.0. The van der Waals surface area contributed by atoms with Gasteiger partial charge in [-0.3, -0.25) is 4.90 Å². The maximum absolute atomic E-state index is 9.98. The molecule has 1 atom stereocenters. The molecule has 1 aromatic heterocycles. The van der Waals surface area contributed by atoms with Crippen molar-refractivity contribution in [2.24, 2.45) is 0 Å². The van der Waals surface area contributed by atoms with Gasteiger partial charge in [-0.15, -0.1) is 0 Å². The molecule has 3 rings (SSSR count). The first-order valence-electron chi connectivity index (χ1n) is 8.00. The zero-order valence-electron chi connectivity index (χ0n) is 14.0. The standard InChI is InChI=1S/C17H23N5O2/c1-3-22(9-11-6-4-5-7-13(11)23)10-17(2)8-12-14(18)20-16(19)21-15(12)24-17/h4-7,23H,3,8-10H2,1-2H3,(H4,18,19,20,21)/t17-/m1/s1. The van der Waals surface area contributed by atoms with Crippen molar-refractivity contribution in [3.8, 4) is 11.6 Å². The van der Waals surface area contributed by atoms with Crippen LogP contribution in [-0.4, -0.2) is 38.7 Å². The molecule has 0 bridgehead atoms.